The number of hydrogen-bond donors (Lipinski definition) is 5. The summed E-state index contributed by atoms with van der Waals surface area (Å²) in [6.07, 6.45) is -1.23. The quantitative estimate of drug-likeness (QED) is 0.0721. The zero-order valence-electron chi connectivity index (χ0n) is 22.5. The van der Waals surface area contributed by atoms with E-state index in [4.69, 9.17) is 47.0 Å². The van der Waals surface area contributed by atoms with Crippen LogP contribution in [0.15, 0.2) is 95.9 Å². The molecule has 1 atom stereocenters. The number of sulfonamides is 1. The first-order valence-electron chi connectivity index (χ1n) is 12.7. The van der Waals surface area contributed by atoms with Crippen LogP contribution in [0.25, 0.3) is 10.8 Å². The molecule has 224 valence electrons. The van der Waals surface area contributed by atoms with Crippen LogP contribution >= 0.6 is 47.0 Å². The van der Waals surface area contributed by atoms with Crippen LogP contribution in [0.4, 0.5) is 5.69 Å². The number of alkyl halides is 3. The molecule has 0 heterocycles. The van der Waals surface area contributed by atoms with Gasteiger partial charge in [0.05, 0.1) is 22.6 Å². The molecule has 0 radical (unpaired) electrons. The van der Waals surface area contributed by atoms with Gasteiger partial charge in [-0.3, -0.25) is 15.0 Å². The molecule has 2 amide bonds. The molecule has 0 aliphatic rings. The first-order chi connectivity index (χ1) is 20.3. The maximum atomic E-state index is 13.0. The molecule has 0 spiro atoms. The number of anilines is 1. The van der Waals surface area contributed by atoms with Crippen molar-refractivity contribution >= 4 is 90.4 Å². The summed E-state index contributed by atoms with van der Waals surface area (Å²) in [5.41, 5.74) is 4.14. The van der Waals surface area contributed by atoms with E-state index < -0.39 is 31.8 Å². The van der Waals surface area contributed by atoms with E-state index in [2.05, 4.69) is 26.2 Å². The summed E-state index contributed by atoms with van der Waals surface area (Å²) in [6, 6.07) is 25.7. The fraction of sp³-hybridized carbons (Fsp3) is 0.138. The maximum absolute atomic E-state index is 13.0. The van der Waals surface area contributed by atoms with Gasteiger partial charge in [0.2, 0.25) is 9.70 Å². The van der Waals surface area contributed by atoms with Crippen LogP contribution in [-0.4, -0.2) is 35.3 Å². The number of para-hydroxylation sites is 1. The summed E-state index contributed by atoms with van der Waals surface area (Å²) in [4.78, 5) is 27.9. The Labute approximate surface area is 269 Å². The normalized spacial score (nSPS) is 12.3. The van der Waals surface area contributed by atoms with E-state index in [0.29, 0.717) is 0 Å². The van der Waals surface area contributed by atoms with Crippen LogP contribution in [0, 0.1) is 6.92 Å². The Hall–Kier alpha value is -3.45. The number of hydrogen-bond acceptors (Lipinski definition) is 5. The minimum Gasteiger partial charge on any atom is -0.339 e. The third kappa shape index (κ3) is 8.79. The number of thiocarbonyl (C=S) groups is 1. The van der Waals surface area contributed by atoms with Crippen LogP contribution in [0.1, 0.15) is 21.5 Å². The number of amides is 2. The van der Waals surface area contributed by atoms with Gasteiger partial charge in [0.15, 0.2) is 5.11 Å². The van der Waals surface area contributed by atoms with Crippen LogP contribution in [-0.2, 0) is 21.2 Å². The largest absolute Gasteiger partial charge is 0.339 e. The smallest absolute Gasteiger partial charge is 0.268 e. The lowest BCUT2D eigenvalue weighted by Crippen LogP contribution is -2.56. The summed E-state index contributed by atoms with van der Waals surface area (Å²) in [7, 11) is -4.02. The molecular formula is C29H26Cl3N5O4S2. The summed E-state index contributed by atoms with van der Waals surface area (Å²) in [5.74, 6) is -1.19. The van der Waals surface area contributed by atoms with Crippen molar-refractivity contribution in [2.75, 3.05) is 5.32 Å². The number of fused-ring (bicyclic) bond motifs is 1. The Kier molecular flexibility index (Phi) is 10.5. The van der Waals surface area contributed by atoms with Gasteiger partial charge in [-0.2, -0.15) is 0 Å². The van der Waals surface area contributed by atoms with E-state index in [9.17, 15) is 18.0 Å². The number of halogens is 3. The van der Waals surface area contributed by atoms with Crippen molar-refractivity contribution in [3.05, 3.63) is 108 Å². The van der Waals surface area contributed by atoms with Crippen molar-refractivity contribution in [1.29, 1.82) is 0 Å². The average molecular weight is 679 g/mol. The fourth-order valence-corrected chi connectivity index (χ4v) is 5.46. The molecule has 0 aliphatic carbocycles. The van der Waals surface area contributed by atoms with Crippen molar-refractivity contribution in [3.8, 4) is 0 Å². The molecule has 43 heavy (non-hydrogen) atoms. The number of aryl methyl sites for hydroxylation is 1. The molecule has 0 saturated heterocycles. The van der Waals surface area contributed by atoms with Crippen LogP contribution < -0.4 is 26.2 Å². The van der Waals surface area contributed by atoms with Gasteiger partial charge >= 0.3 is 0 Å². The third-order valence-corrected chi connectivity index (χ3v) is 8.33. The minimum absolute atomic E-state index is 0.0158. The lowest BCUT2D eigenvalue weighted by molar-refractivity contribution is -0.121. The number of carbonyl (C=O) groups excluding carboxylic acids is 2. The molecule has 0 aliphatic heterocycles. The lowest BCUT2D eigenvalue weighted by Gasteiger charge is -2.28. The summed E-state index contributed by atoms with van der Waals surface area (Å²) in [5, 5.41) is 10.1. The molecule has 4 aromatic carbocycles. The summed E-state index contributed by atoms with van der Waals surface area (Å²) in [6.45, 7) is 1.82. The van der Waals surface area contributed by atoms with Crippen molar-refractivity contribution in [2.24, 2.45) is 0 Å². The summed E-state index contributed by atoms with van der Waals surface area (Å²) >= 11 is 23.8. The van der Waals surface area contributed by atoms with Gasteiger partial charge in [-0.05, 0) is 59.7 Å². The molecule has 0 bridgehead atoms. The van der Waals surface area contributed by atoms with E-state index in [-0.39, 0.29) is 27.7 Å². The second kappa shape index (κ2) is 13.9. The monoisotopic (exact) mass is 677 g/mol. The predicted octanol–water partition coefficient (Wildman–Crippen LogP) is 5.11. The van der Waals surface area contributed by atoms with Gasteiger partial charge < -0.3 is 16.0 Å². The van der Waals surface area contributed by atoms with Gasteiger partial charge in [-0.1, -0.05) is 107 Å². The summed E-state index contributed by atoms with van der Waals surface area (Å²) < 4.78 is 23.2. The number of nitrogens with one attached hydrogen (secondary N) is 5. The van der Waals surface area contributed by atoms with E-state index in [1.807, 2.05) is 49.4 Å². The highest BCUT2D eigenvalue weighted by Crippen LogP contribution is 2.29. The standard InChI is InChI=1S/C29H26Cl3N5O4S2/c1-18-13-15-21(16-14-18)43(40,41)37-36-26(39)23-11-4-5-12-24(23)33-28(42)35-27(29(30,31)32)34-25(38)17-20-9-6-8-19-7-2-3-10-22(19)20/h2-16,27,37H,17H2,1H3,(H,34,38)(H,36,39)(H2,33,35,42). The van der Waals surface area contributed by atoms with Gasteiger partial charge in [-0.25, -0.2) is 8.42 Å². The molecule has 0 saturated carbocycles. The zero-order chi connectivity index (χ0) is 31.2. The lowest BCUT2D eigenvalue weighted by atomic mass is 10.0. The SMILES string of the molecule is Cc1ccc(S(=O)(=O)NNC(=O)c2ccccc2NC(=S)NC(NC(=O)Cc2cccc3ccccc23)C(Cl)(Cl)Cl)cc1. The second-order valence-electron chi connectivity index (χ2n) is 9.37. The molecule has 14 heteroatoms. The van der Waals surface area contributed by atoms with Crippen LogP contribution in [0.5, 0.6) is 0 Å². The van der Waals surface area contributed by atoms with Crippen molar-refractivity contribution in [2.45, 2.75) is 28.2 Å². The van der Waals surface area contributed by atoms with Gasteiger partial charge in [0, 0.05) is 0 Å². The Bertz CT molecular complexity index is 1760. The third-order valence-electron chi connectivity index (χ3n) is 6.19. The Morgan fingerprint density at radius 2 is 1.51 bits per heavy atom. The van der Waals surface area contributed by atoms with E-state index >= 15 is 0 Å². The average Bonchev–Trinajstić information content (AvgIpc) is 2.96. The van der Waals surface area contributed by atoms with Gasteiger partial charge in [0.25, 0.3) is 15.9 Å². The van der Waals surface area contributed by atoms with Crippen LogP contribution in [0.2, 0.25) is 0 Å². The van der Waals surface area contributed by atoms with Crippen LogP contribution in [0.3, 0.4) is 0 Å². The highest BCUT2D eigenvalue weighted by atomic mass is 35.6. The number of hydrazine groups is 1. The zero-order valence-corrected chi connectivity index (χ0v) is 26.4. The topological polar surface area (TPSA) is 128 Å². The predicted molar refractivity (Wildman–Crippen MR) is 175 cm³/mol. The van der Waals surface area contributed by atoms with E-state index in [1.54, 1.807) is 30.3 Å². The second-order valence-corrected chi connectivity index (χ2v) is 13.8. The number of benzene rings is 4. The molecule has 9 nitrogen and oxygen atoms in total. The molecule has 1 unspecified atom stereocenters. The first-order valence-corrected chi connectivity index (χ1v) is 15.7. The Morgan fingerprint density at radius 3 is 2.23 bits per heavy atom. The fourth-order valence-electron chi connectivity index (χ4n) is 4.07. The number of rotatable bonds is 9. The molecule has 5 N–H and O–H groups in total. The van der Waals surface area contributed by atoms with E-state index in [0.717, 1.165) is 21.9 Å². The Morgan fingerprint density at radius 1 is 0.860 bits per heavy atom. The Balaban J connectivity index is 1.41. The molecular weight excluding hydrogens is 653 g/mol. The van der Waals surface area contributed by atoms with E-state index in [1.165, 1.54) is 18.2 Å². The highest BCUT2D eigenvalue weighted by molar-refractivity contribution is 7.89. The molecule has 4 rings (SSSR count). The molecule has 4 aromatic rings. The highest BCUT2D eigenvalue weighted by Gasteiger charge is 2.35. The van der Waals surface area contributed by atoms with Crippen molar-refractivity contribution in [3.63, 3.8) is 0 Å². The first kappa shape index (κ1) is 32.5. The van der Waals surface area contributed by atoms with Crippen molar-refractivity contribution < 1.29 is 18.0 Å². The number of carbonyl (C=O) groups is 2. The maximum Gasteiger partial charge on any atom is 0.268 e. The molecule has 0 aromatic heterocycles. The minimum atomic E-state index is -4.02. The van der Waals surface area contributed by atoms with Crippen molar-refractivity contribution in [1.82, 2.24) is 20.9 Å². The van der Waals surface area contributed by atoms with Gasteiger partial charge in [0.1, 0.15) is 6.17 Å². The van der Waals surface area contributed by atoms with Gasteiger partial charge in [-0.15, -0.1) is 4.83 Å². The molecule has 0 fully saturated rings.